The summed E-state index contributed by atoms with van der Waals surface area (Å²) in [5.74, 6) is 0.990. The van der Waals surface area contributed by atoms with Crippen molar-refractivity contribution < 1.29 is 14.3 Å². The molecule has 2 aromatic rings. The second kappa shape index (κ2) is 6.60. The molecule has 6 nitrogen and oxygen atoms in total. The topological polar surface area (TPSA) is 76.2 Å². The molecule has 0 radical (unpaired) electrons. The number of imidazole rings is 1. The molecule has 0 bridgehead atoms. The average Bonchev–Trinajstić information content (AvgIpc) is 2.98. The van der Waals surface area contributed by atoms with Crippen LogP contribution in [-0.2, 0) is 6.54 Å². The van der Waals surface area contributed by atoms with Gasteiger partial charge in [-0.1, -0.05) is 0 Å². The number of H-pyrrole nitrogens is 1. The molecule has 2 N–H and O–H groups in total. The number of aromatic amines is 1. The van der Waals surface area contributed by atoms with E-state index in [1.165, 1.54) is 0 Å². The number of carbonyl (C=O) groups excluding carboxylic acids is 1. The van der Waals surface area contributed by atoms with Crippen LogP contribution in [0.4, 0.5) is 0 Å². The number of hydrogen-bond donors (Lipinski definition) is 2. The number of amides is 1. The number of hydrogen-bond acceptors (Lipinski definition) is 4. The molecule has 2 rings (SSSR count). The zero-order valence-corrected chi connectivity index (χ0v) is 11.5. The number of nitrogens with zero attached hydrogens (tertiary/aromatic N) is 1. The number of carbonyl (C=O) groups is 1. The molecule has 1 aromatic heterocycles. The van der Waals surface area contributed by atoms with Crippen molar-refractivity contribution in [3.8, 4) is 11.5 Å². The van der Waals surface area contributed by atoms with E-state index in [-0.39, 0.29) is 5.91 Å². The summed E-state index contributed by atoms with van der Waals surface area (Å²) in [6.45, 7) is 2.79. The Balaban J connectivity index is 2.07. The lowest BCUT2D eigenvalue weighted by Gasteiger charge is -2.11. The van der Waals surface area contributed by atoms with Crippen LogP contribution < -0.4 is 14.8 Å². The molecule has 0 saturated carbocycles. The summed E-state index contributed by atoms with van der Waals surface area (Å²) in [7, 11) is 1.57. The van der Waals surface area contributed by atoms with E-state index in [1.807, 2.05) is 6.92 Å². The highest BCUT2D eigenvalue weighted by Crippen LogP contribution is 2.27. The lowest BCUT2D eigenvalue weighted by Crippen LogP contribution is -2.23. The van der Waals surface area contributed by atoms with Gasteiger partial charge in [0, 0.05) is 11.8 Å². The van der Waals surface area contributed by atoms with Gasteiger partial charge in [-0.15, -0.1) is 0 Å². The molecule has 0 aliphatic carbocycles. The highest BCUT2D eigenvalue weighted by atomic mass is 16.5. The number of benzene rings is 1. The summed E-state index contributed by atoms with van der Waals surface area (Å²) >= 11 is 0. The van der Waals surface area contributed by atoms with Gasteiger partial charge in [0.05, 0.1) is 32.3 Å². The molecule has 0 spiro atoms. The highest BCUT2D eigenvalue weighted by Gasteiger charge is 2.11. The summed E-state index contributed by atoms with van der Waals surface area (Å²) in [5.41, 5.74) is 1.37. The SMILES string of the molecule is CCOc1cc(C(=O)NCc2cnc[nH]2)ccc1OC. The largest absolute Gasteiger partial charge is 0.493 e. The molecule has 20 heavy (non-hydrogen) atoms. The van der Waals surface area contributed by atoms with Gasteiger partial charge >= 0.3 is 0 Å². The first kappa shape index (κ1) is 13.9. The van der Waals surface area contributed by atoms with Crippen molar-refractivity contribution in [1.82, 2.24) is 15.3 Å². The van der Waals surface area contributed by atoms with Crippen LogP contribution in [0.5, 0.6) is 11.5 Å². The lowest BCUT2D eigenvalue weighted by atomic mass is 10.2. The predicted octanol–water partition coefficient (Wildman–Crippen LogP) is 1.75. The molecular weight excluding hydrogens is 258 g/mol. The molecule has 1 heterocycles. The monoisotopic (exact) mass is 275 g/mol. The van der Waals surface area contributed by atoms with Gasteiger partial charge in [-0.2, -0.15) is 0 Å². The fraction of sp³-hybridized carbons (Fsp3) is 0.286. The van der Waals surface area contributed by atoms with Crippen molar-refractivity contribution in [3.05, 3.63) is 42.0 Å². The van der Waals surface area contributed by atoms with Gasteiger partial charge in [-0.25, -0.2) is 4.98 Å². The summed E-state index contributed by atoms with van der Waals surface area (Å²) in [5, 5.41) is 2.80. The van der Waals surface area contributed by atoms with E-state index in [0.29, 0.717) is 30.2 Å². The van der Waals surface area contributed by atoms with E-state index < -0.39 is 0 Å². The first-order valence-corrected chi connectivity index (χ1v) is 6.31. The number of nitrogens with one attached hydrogen (secondary N) is 2. The van der Waals surface area contributed by atoms with Crippen molar-refractivity contribution >= 4 is 5.91 Å². The molecule has 0 fully saturated rings. The molecule has 106 valence electrons. The average molecular weight is 275 g/mol. The third-order valence-electron chi connectivity index (χ3n) is 2.72. The Kier molecular flexibility index (Phi) is 4.60. The van der Waals surface area contributed by atoms with Crippen LogP contribution in [0.3, 0.4) is 0 Å². The first-order valence-electron chi connectivity index (χ1n) is 6.31. The van der Waals surface area contributed by atoms with E-state index in [1.54, 1.807) is 37.8 Å². The maximum Gasteiger partial charge on any atom is 0.251 e. The van der Waals surface area contributed by atoms with Gasteiger partial charge in [-0.3, -0.25) is 4.79 Å². The molecule has 1 aromatic carbocycles. The third-order valence-corrected chi connectivity index (χ3v) is 2.72. The van der Waals surface area contributed by atoms with E-state index in [4.69, 9.17) is 9.47 Å². The van der Waals surface area contributed by atoms with Gasteiger partial charge in [0.1, 0.15) is 0 Å². The minimum Gasteiger partial charge on any atom is -0.493 e. The van der Waals surface area contributed by atoms with Crippen LogP contribution >= 0.6 is 0 Å². The fourth-order valence-corrected chi connectivity index (χ4v) is 1.75. The summed E-state index contributed by atoms with van der Waals surface area (Å²) in [4.78, 5) is 18.9. The predicted molar refractivity (Wildman–Crippen MR) is 73.9 cm³/mol. The highest BCUT2D eigenvalue weighted by molar-refractivity contribution is 5.94. The molecule has 0 aliphatic heterocycles. The summed E-state index contributed by atoms with van der Waals surface area (Å²) < 4.78 is 10.6. The Hall–Kier alpha value is -2.50. The van der Waals surface area contributed by atoms with Gasteiger partial charge < -0.3 is 19.8 Å². The van der Waals surface area contributed by atoms with Crippen molar-refractivity contribution in [1.29, 1.82) is 0 Å². The zero-order valence-electron chi connectivity index (χ0n) is 11.5. The van der Waals surface area contributed by atoms with Crippen LogP contribution in [0, 0.1) is 0 Å². The van der Waals surface area contributed by atoms with Crippen LogP contribution in [0.25, 0.3) is 0 Å². The number of rotatable bonds is 6. The van der Waals surface area contributed by atoms with Crippen molar-refractivity contribution in [3.63, 3.8) is 0 Å². The van der Waals surface area contributed by atoms with E-state index >= 15 is 0 Å². The maximum absolute atomic E-state index is 12.1. The minimum absolute atomic E-state index is 0.178. The third kappa shape index (κ3) is 3.28. The van der Waals surface area contributed by atoms with E-state index in [0.717, 1.165) is 5.69 Å². The number of ether oxygens (including phenoxy) is 2. The lowest BCUT2D eigenvalue weighted by molar-refractivity contribution is 0.0950. The van der Waals surface area contributed by atoms with Gasteiger partial charge in [-0.05, 0) is 25.1 Å². The van der Waals surface area contributed by atoms with Gasteiger partial charge in [0.25, 0.3) is 5.91 Å². The molecular formula is C14H17N3O3. The Morgan fingerprint density at radius 1 is 1.40 bits per heavy atom. The minimum atomic E-state index is -0.178. The Morgan fingerprint density at radius 3 is 2.90 bits per heavy atom. The Bertz CT molecular complexity index is 567. The number of aromatic nitrogens is 2. The van der Waals surface area contributed by atoms with E-state index in [9.17, 15) is 4.79 Å². The zero-order chi connectivity index (χ0) is 14.4. The Labute approximate surface area is 117 Å². The quantitative estimate of drug-likeness (QED) is 0.842. The summed E-state index contributed by atoms with van der Waals surface area (Å²) in [6.07, 6.45) is 3.24. The normalized spacial score (nSPS) is 10.1. The smallest absolute Gasteiger partial charge is 0.251 e. The van der Waals surface area contributed by atoms with Crippen LogP contribution in [-0.4, -0.2) is 29.6 Å². The molecule has 0 atom stereocenters. The van der Waals surface area contributed by atoms with Crippen molar-refractivity contribution in [2.24, 2.45) is 0 Å². The molecule has 6 heteroatoms. The van der Waals surface area contributed by atoms with Crippen molar-refractivity contribution in [2.45, 2.75) is 13.5 Å². The first-order chi connectivity index (χ1) is 9.74. The summed E-state index contributed by atoms with van der Waals surface area (Å²) in [6, 6.07) is 5.09. The standard InChI is InChI=1S/C14H17N3O3/c1-3-20-13-6-10(4-5-12(13)19-2)14(18)16-8-11-7-15-9-17-11/h4-7,9H,3,8H2,1-2H3,(H,15,17)(H,16,18). The van der Waals surface area contributed by atoms with Gasteiger partial charge in [0.15, 0.2) is 11.5 Å². The molecule has 1 amide bonds. The van der Waals surface area contributed by atoms with Crippen LogP contribution in [0.15, 0.2) is 30.7 Å². The van der Waals surface area contributed by atoms with Crippen LogP contribution in [0.2, 0.25) is 0 Å². The van der Waals surface area contributed by atoms with Crippen LogP contribution in [0.1, 0.15) is 23.0 Å². The molecule has 0 unspecified atom stereocenters. The maximum atomic E-state index is 12.1. The second-order valence-corrected chi connectivity index (χ2v) is 4.06. The molecule has 0 aliphatic rings. The Morgan fingerprint density at radius 2 is 2.25 bits per heavy atom. The van der Waals surface area contributed by atoms with Gasteiger partial charge in [0.2, 0.25) is 0 Å². The van der Waals surface area contributed by atoms with E-state index in [2.05, 4.69) is 15.3 Å². The fourth-order valence-electron chi connectivity index (χ4n) is 1.75. The molecule has 0 saturated heterocycles. The number of methoxy groups -OCH3 is 1. The van der Waals surface area contributed by atoms with Crippen molar-refractivity contribution in [2.75, 3.05) is 13.7 Å². The second-order valence-electron chi connectivity index (χ2n) is 4.06.